The monoisotopic (exact) mass is 142 g/mol. The molecule has 0 radical (unpaired) electrons. The van der Waals surface area contributed by atoms with Gasteiger partial charge in [-0.05, 0) is 20.3 Å². The third-order valence-electron chi connectivity index (χ3n) is 1.11. The van der Waals surface area contributed by atoms with Gasteiger partial charge in [-0.15, -0.1) is 0 Å². The van der Waals surface area contributed by atoms with Crippen molar-refractivity contribution >= 4 is 0 Å². The fourth-order valence-electron chi connectivity index (χ4n) is 0.408. The molecule has 0 spiro atoms. The predicted octanol–water partition coefficient (Wildman–Crippen LogP) is 4.17. The topological polar surface area (TPSA) is 0 Å². The van der Waals surface area contributed by atoms with Gasteiger partial charge < -0.3 is 0 Å². The highest BCUT2D eigenvalue weighted by atomic mass is 13.7. The van der Waals surface area contributed by atoms with Crippen LogP contribution in [0.1, 0.15) is 53.9 Å². The molecule has 0 unspecified atom stereocenters. The predicted molar refractivity (Wildman–Crippen MR) is 50.3 cm³/mol. The SMILES string of the molecule is CCC=C(C)C.CCCC. The number of allylic oxidation sites excluding steroid dienone is 2. The van der Waals surface area contributed by atoms with E-state index in [1.807, 2.05) is 0 Å². The smallest absolute Gasteiger partial charge is 0.0377 e. The normalized spacial score (nSPS) is 7.70. The van der Waals surface area contributed by atoms with Gasteiger partial charge in [0.25, 0.3) is 0 Å². The molecule has 0 fully saturated rings. The molecule has 0 saturated carbocycles. The molecular weight excluding hydrogens is 120 g/mol. The van der Waals surface area contributed by atoms with E-state index >= 15 is 0 Å². The van der Waals surface area contributed by atoms with E-state index in [4.69, 9.17) is 0 Å². The van der Waals surface area contributed by atoms with Gasteiger partial charge in [-0.25, -0.2) is 0 Å². The van der Waals surface area contributed by atoms with E-state index in [1.54, 1.807) is 0 Å². The summed E-state index contributed by atoms with van der Waals surface area (Å²) in [6.45, 7) is 10.7. The fourth-order valence-corrected chi connectivity index (χ4v) is 0.408. The summed E-state index contributed by atoms with van der Waals surface area (Å²) >= 11 is 0. The molecule has 0 aromatic rings. The van der Waals surface area contributed by atoms with E-state index in [0.717, 1.165) is 0 Å². The van der Waals surface area contributed by atoms with Crippen LogP contribution in [0.25, 0.3) is 0 Å². The molecule has 10 heavy (non-hydrogen) atoms. The summed E-state index contributed by atoms with van der Waals surface area (Å²) in [5.74, 6) is 0. The Morgan fingerprint density at radius 2 is 1.40 bits per heavy atom. The van der Waals surface area contributed by atoms with Crippen molar-refractivity contribution in [1.82, 2.24) is 0 Å². The maximum atomic E-state index is 2.21. The Balaban J connectivity index is 0. The zero-order chi connectivity index (χ0) is 8.41. The lowest BCUT2D eigenvalue weighted by Gasteiger charge is -1.80. The van der Waals surface area contributed by atoms with E-state index in [2.05, 4.69) is 40.7 Å². The zero-order valence-electron chi connectivity index (χ0n) is 8.20. The third-order valence-corrected chi connectivity index (χ3v) is 1.11. The van der Waals surface area contributed by atoms with E-state index in [0.29, 0.717) is 0 Å². The minimum atomic E-state index is 1.17. The van der Waals surface area contributed by atoms with Crippen molar-refractivity contribution in [3.63, 3.8) is 0 Å². The minimum absolute atomic E-state index is 1.17. The molecule has 0 aromatic carbocycles. The van der Waals surface area contributed by atoms with Gasteiger partial charge in [0.1, 0.15) is 0 Å². The van der Waals surface area contributed by atoms with Crippen molar-refractivity contribution in [2.24, 2.45) is 0 Å². The van der Waals surface area contributed by atoms with Gasteiger partial charge in [0.05, 0.1) is 0 Å². The number of unbranched alkanes of at least 4 members (excludes halogenated alkanes) is 1. The molecule has 0 nitrogen and oxygen atoms in total. The summed E-state index contributed by atoms with van der Waals surface area (Å²) in [5, 5.41) is 0. The van der Waals surface area contributed by atoms with Gasteiger partial charge >= 0.3 is 0 Å². The zero-order valence-corrected chi connectivity index (χ0v) is 8.20. The van der Waals surface area contributed by atoms with E-state index in [-0.39, 0.29) is 0 Å². The molecule has 0 atom stereocenters. The van der Waals surface area contributed by atoms with E-state index < -0.39 is 0 Å². The van der Waals surface area contributed by atoms with Gasteiger partial charge in [0.2, 0.25) is 0 Å². The van der Waals surface area contributed by atoms with Gasteiger partial charge in [0, 0.05) is 0 Å². The van der Waals surface area contributed by atoms with Gasteiger partial charge in [-0.2, -0.15) is 0 Å². The highest BCUT2D eigenvalue weighted by Crippen LogP contribution is 1.89. The lowest BCUT2D eigenvalue weighted by molar-refractivity contribution is 0.886. The van der Waals surface area contributed by atoms with Crippen LogP contribution in [0.15, 0.2) is 11.6 Å². The Kier molecular flexibility index (Phi) is 14.3. The Morgan fingerprint density at radius 3 is 1.40 bits per heavy atom. The highest BCUT2D eigenvalue weighted by molar-refractivity contribution is 4.91. The first-order chi connectivity index (χ1) is 4.68. The molecule has 0 bridgehead atoms. The first-order valence-corrected chi connectivity index (χ1v) is 4.32. The molecular formula is C10H22. The largest absolute Gasteiger partial charge is 0.0862 e. The maximum absolute atomic E-state index is 2.21. The molecule has 0 heteroatoms. The summed E-state index contributed by atoms with van der Waals surface area (Å²) in [7, 11) is 0. The quantitative estimate of drug-likeness (QED) is 0.508. The van der Waals surface area contributed by atoms with Crippen molar-refractivity contribution in [3.8, 4) is 0 Å². The fraction of sp³-hybridized carbons (Fsp3) is 0.800. The molecule has 0 aliphatic rings. The van der Waals surface area contributed by atoms with Crippen LogP contribution < -0.4 is 0 Å². The van der Waals surface area contributed by atoms with Crippen molar-refractivity contribution in [2.75, 3.05) is 0 Å². The van der Waals surface area contributed by atoms with Gasteiger partial charge in [0.15, 0.2) is 0 Å². The van der Waals surface area contributed by atoms with Crippen LogP contribution in [-0.2, 0) is 0 Å². The lowest BCUT2D eigenvalue weighted by Crippen LogP contribution is -1.58. The summed E-state index contributed by atoms with van der Waals surface area (Å²) in [6.07, 6.45) is 6.02. The maximum Gasteiger partial charge on any atom is -0.0377 e. The molecule has 62 valence electrons. The van der Waals surface area contributed by atoms with Crippen molar-refractivity contribution < 1.29 is 0 Å². The van der Waals surface area contributed by atoms with Crippen LogP contribution in [0.5, 0.6) is 0 Å². The van der Waals surface area contributed by atoms with Crippen LogP contribution in [-0.4, -0.2) is 0 Å². The third kappa shape index (κ3) is 25.1. The van der Waals surface area contributed by atoms with Crippen LogP contribution in [0.2, 0.25) is 0 Å². The van der Waals surface area contributed by atoms with Crippen LogP contribution in [0.4, 0.5) is 0 Å². The minimum Gasteiger partial charge on any atom is -0.0862 e. The second kappa shape index (κ2) is 11.5. The lowest BCUT2D eigenvalue weighted by atomic mass is 10.3. The average molecular weight is 142 g/mol. The first kappa shape index (κ1) is 12.4. The summed E-state index contributed by atoms with van der Waals surface area (Å²) < 4.78 is 0. The molecule has 0 aliphatic carbocycles. The molecule has 0 aromatic heterocycles. The van der Waals surface area contributed by atoms with Gasteiger partial charge in [-0.3, -0.25) is 0 Å². The number of hydrogen-bond donors (Lipinski definition) is 0. The Labute approximate surface area is 66.3 Å². The van der Waals surface area contributed by atoms with Crippen LogP contribution >= 0.6 is 0 Å². The van der Waals surface area contributed by atoms with E-state index in [9.17, 15) is 0 Å². The van der Waals surface area contributed by atoms with E-state index in [1.165, 1.54) is 24.8 Å². The summed E-state index contributed by atoms with van der Waals surface area (Å²) in [6, 6.07) is 0. The Bertz CT molecular complexity index is 64.1. The molecule has 0 aliphatic heterocycles. The Morgan fingerprint density at radius 1 is 1.00 bits per heavy atom. The second-order valence-corrected chi connectivity index (χ2v) is 2.69. The van der Waals surface area contributed by atoms with Crippen LogP contribution in [0, 0.1) is 0 Å². The average Bonchev–Trinajstić information content (AvgIpc) is 1.89. The molecule has 0 N–H and O–H groups in total. The van der Waals surface area contributed by atoms with Gasteiger partial charge in [-0.1, -0.05) is 45.3 Å². The van der Waals surface area contributed by atoms with Crippen LogP contribution in [0.3, 0.4) is 0 Å². The standard InChI is InChI=1S/C6H12.C4H10/c1-4-5-6(2)3;1-3-4-2/h5H,4H2,1-3H3;3-4H2,1-2H3. The van der Waals surface area contributed by atoms with Crippen molar-refractivity contribution in [3.05, 3.63) is 11.6 Å². The summed E-state index contributed by atoms with van der Waals surface area (Å²) in [5.41, 5.74) is 1.41. The summed E-state index contributed by atoms with van der Waals surface area (Å²) in [4.78, 5) is 0. The Hall–Kier alpha value is -0.260. The van der Waals surface area contributed by atoms with Crippen molar-refractivity contribution in [1.29, 1.82) is 0 Å². The highest BCUT2D eigenvalue weighted by Gasteiger charge is 1.67. The molecule has 0 heterocycles. The number of hydrogen-bond acceptors (Lipinski definition) is 0. The molecule has 0 amide bonds. The second-order valence-electron chi connectivity index (χ2n) is 2.69. The number of rotatable bonds is 2. The van der Waals surface area contributed by atoms with Crippen molar-refractivity contribution in [2.45, 2.75) is 53.9 Å². The molecule has 0 saturated heterocycles. The first-order valence-electron chi connectivity index (χ1n) is 4.32. The molecule has 0 rings (SSSR count).